The first-order valence-corrected chi connectivity index (χ1v) is 9.80. The third kappa shape index (κ3) is 4.61. The molecular weight excluding hydrogens is 413 g/mol. The van der Waals surface area contributed by atoms with Gasteiger partial charge < -0.3 is 9.47 Å². The summed E-state index contributed by atoms with van der Waals surface area (Å²) in [4.78, 5) is 29.8. The summed E-state index contributed by atoms with van der Waals surface area (Å²) in [7, 11) is 1.31. The zero-order valence-electron chi connectivity index (χ0n) is 14.2. The van der Waals surface area contributed by atoms with Crippen molar-refractivity contribution in [3.8, 4) is 5.75 Å². The summed E-state index contributed by atoms with van der Waals surface area (Å²) in [5.74, 6) is -3.57. The number of methoxy groups -OCH3 is 1. The van der Waals surface area contributed by atoms with Crippen LogP contribution >= 0.6 is 27.7 Å². The van der Waals surface area contributed by atoms with E-state index in [4.69, 9.17) is 9.47 Å². The van der Waals surface area contributed by atoms with E-state index in [2.05, 4.69) is 20.9 Å². The number of nitrogens with zero attached hydrogens (tertiary/aromatic N) is 1. The van der Waals surface area contributed by atoms with Crippen LogP contribution in [0.25, 0.3) is 0 Å². The third-order valence-electron chi connectivity index (χ3n) is 3.62. The van der Waals surface area contributed by atoms with Crippen LogP contribution in [0.15, 0.2) is 21.6 Å². The molecule has 0 N–H and O–H groups in total. The van der Waals surface area contributed by atoms with Gasteiger partial charge in [0, 0.05) is 0 Å². The molecule has 0 amide bonds. The smallest absolute Gasteiger partial charge is 0.323 e. The summed E-state index contributed by atoms with van der Waals surface area (Å²) in [5.41, 5.74) is -0.226. The minimum Gasteiger partial charge on any atom is -0.492 e. The zero-order chi connectivity index (χ0) is 18.6. The maximum Gasteiger partial charge on any atom is 0.323 e. The van der Waals surface area contributed by atoms with Crippen LogP contribution in [0.2, 0.25) is 0 Å². The van der Waals surface area contributed by atoms with E-state index < -0.39 is 23.5 Å². The van der Waals surface area contributed by atoms with Crippen LogP contribution in [0.5, 0.6) is 5.75 Å². The van der Waals surface area contributed by atoms with Gasteiger partial charge in [-0.2, -0.15) is 0 Å². The fourth-order valence-electron chi connectivity index (χ4n) is 2.24. The Morgan fingerprint density at radius 2 is 2.12 bits per heavy atom. The van der Waals surface area contributed by atoms with Crippen molar-refractivity contribution in [1.82, 2.24) is 0 Å². The largest absolute Gasteiger partial charge is 0.492 e. The molecule has 1 aliphatic rings. The number of carbonyl (C=O) groups is 2. The molecule has 1 aromatic rings. The van der Waals surface area contributed by atoms with E-state index in [9.17, 15) is 14.0 Å². The van der Waals surface area contributed by atoms with Gasteiger partial charge in [-0.1, -0.05) is 0 Å². The SMILES string of the molecule is CCOC(=O)C(C(=O)c1ccc(Br)c(OC)c1F)C(=NC1CC1)SC. The van der Waals surface area contributed by atoms with Crippen molar-refractivity contribution in [1.29, 1.82) is 0 Å². The average Bonchev–Trinajstić information content (AvgIpc) is 3.38. The first kappa shape index (κ1) is 19.9. The molecule has 1 unspecified atom stereocenters. The molecule has 0 aliphatic heterocycles. The number of benzene rings is 1. The van der Waals surface area contributed by atoms with Gasteiger partial charge in [-0.15, -0.1) is 11.8 Å². The van der Waals surface area contributed by atoms with Gasteiger partial charge in [0.25, 0.3) is 0 Å². The Bertz CT molecular complexity index is 706. The van der Waals surface area contributed by atoms with Crippen LogP contribution in [0.4, 0.5) is 4.39 Å². The summed E-state index contributed by atoms with van der Waals surface area (Å²) in [6.45, 7) is 1.78. The second kappa shape index (κ2) is 8.80. The van der Waals surface area contributed by atoms with E-state index in [-0.39, 0.29) is 24.0 Å². The summed E-state index contributed by atoms with van der Waals surface area (Å²) in [5, 5.41) is 0.354. The van der Waals surface area contributed by atoms with Gasteiger partial charge in [0.2, 0.25) is 0 Å². The molecule has 0 aromatic heterocycles. The number of aliphatic imine (C=N–C) groups is 1. The molecule has 8 heteroatoms. The fraction of sp³-hybridized carbons (Fsp3) is 0.471. The van der Waals surface area contributed by atoms with Crippen LogP contribution in [0.1, 0.15) is 30.1 Å². The zero-order valence-corrected chi connectivity index (χ0v) is 16.6. The lowest BCUT2D eigenvalue weighted by Gasteiger charge is -2.17. The molecule has 2 rings (SSSR count). The second-order valence-corrected chi connectivity index (χ2v) is 7.07. The molecule has 25 heavy (non-hydrogen) atoms. The standard InChI is InChI=1S/C17H19BrFNO4S/c1-4-24-17(22)12(16(25-3)20-9-5-6-9)14(21)10-7-8-11(18)15(23-2)13(10)19/h7-9,12H,4-6H2,1-3H3. The lowest BCUT2D eigenvalue weighted by molar-refractivity contribution is -0.144. The first-order chi connectivity index (χ1) is 11.9. The maximum atomic E-state index is 14.7. The molecular formula is C17H19BrFNO4S. The van der Waals surface area contributed by atoms with Crippen molar-refractivity contribution in [2.45, 2.75) is 25.8 Å². The molecule has 136 valence electrons. The monoisotopic (exact) mass is 431 g/mol. The first-order valence-electron chi connectivity index (χ1n) is 7.79. The average molecular weight is 432 g/mol. The van der Waals surface area contributed by atoms with Crippen LogP contribution in [-0.4, -0.2) is 42.8 Å². The number of esters is 1. The summed E-state index contributed by atoms with van der Waals surface area (Å²) >= 11 is 4.38. The number of rotatable bonds is 7. The molecule has 5 nitrogen and oxygen atoms in total. The van der Waals surface area contributed by atoms with Gasteiger partial charge in [-0.25, -0.2) is 4.39 Å². The summed E-state index contributed by atoms with van der Waals surface area (Å²) in [6, 6.07) is 2.95. The fourth-order valence-corrected chi connectivity index (χ4v) is 3.40. The van der Waals surface area contributed by atoms with Crippen molar-refractivity contribution >= 4 is 44.5 Å². The number of thioether (sulfide) groups is 1. The normalized spacial score (nSPS) is 15.6. The highest BCUT2D eigenvalue weighted by molar-refractivity contribution is 9.10. The predicted octanol–water partition coefficient (Wildman–Crippen LogP) is 3.88. The van der Waals surface area contributed by atoms with E-state index in [1.54, 1.807) is 13.2 Å². The highest BCUT2D eigenvalue weighted by Crippen LogP contribution is 2.33. The van der Waals surface area contributed by atoms with Crippen molar-refractivity contribution < 1.29 is 23.5 Å². The molecule has 1 fully saturated rings. The van der Waals surface area contributed by atoms with Crippen molar-refractivity contribution in [2.24, 2.45) is 10.9 Å². The Balaban J connectivity index is 2.46. The number of hydrogen-bond donors (Lipinski definition) is 0. The molecule has 1 saturated carbocycles. The number of Topliss-reactive ketones (excluding diaryl/α,β-unsaturated/α-hetero) is 1. The van der Waals surface area contributed by atoms with Crippen LogP contribution in [0.3, 0.4) is 0 Å². The topological polar surface area (TPSA) is 65.0 Å². The quantitative estimate of drug-likeness (QED) is 0.215. The Kier molecular flexibility index (Phi) is 7.01. The Morgan fingerprint density at radius 3 is 2.64 bits per heavy atom. The molecule has 0 radical (unpaired) electrons. The van der Waals surface area contributed by atoms with Crippen LogP contribution in [0, 0.1) is 11.7 Å². The summed E-state index contributed by atoms with van der Waals surface area (Å²) in [6.07, 6.45) is 3.59. The van der Waals surface area contributed by atoms with Crippen molar-refractivity contribution in [3.63, 3.8) is 0 Å². The summed E-state index contributed by atoms with van der Waals surface area (Å²) < 4.78 is 25.1. The predicted molar refractivity (Wildman–Crippen MR) is 99.1 cm³/mol. The highest BCUT2D eigenvalue weighted by atomic mass is 79.9. The lowest BCUT2D eigenvalue weighted by atomic mass is 9.97. The minimum absolute atomic E-state index is 0.0849. The van der Waals surface area contributed by atoms with Crippen LogP contribution in [-0.2, 0) is 9.53 Å². The van der Waals surface area contributed by atoms with E-state index in [1.807, 2.05) is 0 Å². The van der Waals surface area contributed by atoms with E-state index in [0.29, 0.717) is 9.52 Å². The number of ether oxygens (including phenoxy) is 2. The van der Waals surface area contributed by atoms with Gasteiger partial charge in [0.15, 0.2) is 23.3 Å². The molecule has 0 spiro atoms. The lowest BCUT2D eigenvalue weighted by Crippen LogP contribution is -2.33. The van der Waals surface area contributed by atoms with Gasteiger partial charge in [-0.3, -0.25) is 14.6 Å². The van der Waals surface area contributed by atoms with Gasteiger partial charge >= 0.3 is 5.97 Å². The molecule has 1 aromatic carbocycles. The van der Waals surface area contributed by atoms with Gasteiger partial charge in [-0.05, 0) is 54.1 Å². The van der Waals surface area contributed by atoms with Gasteiger partial charge in [0.1, 0.15) is 0 Å². The molecule has 1 aliphatic carbocycles. The number of ketones is 1. The second-order valence-electron chi connectivity index (χ2n) is 5.39. The Morgan fingerprint density at radius 1 is 1.44 bits per heavy atom. The van der Waals surface area contributed by atoms with Gasteiger partial charge in [0.05, 0.1) is 34.8 Å². The minimum atomic E-state index is -1.27. The maximum absolute atomic E-state index is 14.7. The van der Waals surface area contributed by atoms with Crippen molar-refractivity contribution in [2.75, 3.05) is 20.0 Å². The highest BCUT2D eigenvalue weighted by Gasteiger charge is 2.37. The number of carbonyl (C=O) groups excluding carboxylic acids is 2. The molecule has 0 heterocycles. The number of hydrogen-bond acceptors (Lipinski definition) is 6. The molecule has 1 atom stereocenters. The Labute approximate surface area is 158 Å². The van der Waals surface area contributed by atoms with E-state index >= 15 is 0 Å². The third-order valence-corrected chi connectivity index (χ3v) is 5.00. The Hall–Kier alpha value is -1.41. The van der Waals surface area contributed by atoms with Crippen molar-refractivity contribution in [3.05, 3.63) is 28.0 Å². The van der Waals surface area contributed by atoms with E-state index in [1.165, 1.54) is 31.0 Å². The van der Waals surface area contributed by atoms with Crippen LogP contribution < -0.4 is 4.74 Å². The molecule has 0 saturated heterocycles. The van der Waals surface area contributed by atoms with E-state index in [0.717, 1.165) is 12.8 Å². The number of halogens is 2. The molecule has 0 bridgehead atoms.